The standard InChI is InChI=1S/C11H9O.H2O.Rb/c12-11-6-2-5-10(7-8-11)9-3-1-4-9;;/h1-3,5,7-9H,4H2;1H2;/q-1;;+1/p-1. The minimum Gasteiger partial charge on any atom is -0.870 e. The molecule has 0 amide bonds. The average Bonchev–Trinajstić information content (AvgIpc) is 2.12. The van der Waals surface area contributed by atoms with E-state index in [1.807, 2.05) is 12.1 Å². The van der Waals surface area contributed by atoms with Crippen LogP contribution in [0.2, 0.25) is 0 Å². The molecule has 1 atom stereocenters. The Bertz CT molecular complexity index is 374. The fourth-order valence-corrected chi connectivity index (χ4v) is 1.26. The molecule has 1 aromatic rings. The van der Waals surface area contributed by atoms with Gasteiger partial charge in [-0.2, -0.15) is 12.1 Å². The third kappa shape index (κ3) is 3.52. The zero-order valence-electron chi connectivity index (χ0n) is 8.10. The predicted octanol–water partition coefficient (Wildman–Crippen LogP) is -1.28. The Morgan fingerprint density at radius 2 is 2.00 bits per heavy atom. The van der Waals surface area contributed by atoms with E-state index in [1.54, 1.807) is 12.1 Å². The Labute approximate surface area is 132 Å². The second-order valence-electron chi connectivity index (χ2n) is 2.95. The van der Waals surface area contributed by atoms with Gasteiger partial charge in [-0.25, -0.2) is 0 Å². The van der Waals surface area contributed by atoms with Crippen LogP contribution in [0.15, 0.2) is 41.2 Å². The summed E-state index contributed by atoms with van der Waals surface area (Å²) < 4.78 is 0. The normalized spacial score (nSPS) is 17.3. The van der Waals surface area contributed by atoms with E-state index in [4.69, 9.17) is 0 Å². The topological polar surface area (TPSA) is 47.1 Å². The third-order valence-corrected chi connectivity index (χ3v) is 2.12. The average molecular weight is 260 g/mol. The van der Waals surface area contributed by atoms with Crippen LogP contribution >= 0.6 is 0 Å². The summed E-state index contributed by atoms with van der Waals surface area (Å²) in [6, 6.07) is 9.73. The number of allylic oxidation sites excluding steroid dienone is 2. The van der Waals surface area contributed by atoms with E-state index < -0.39 is 0 Å². The van der Waals surface area contributed by atoms with Gasteiger partial charge in [0.2, 0.25) is 0 Å². The van der Waals surface area contributed by atoms with Crippen LogP contribution < -0.4 is 63.6 Å². The molecule has 1 aliphatic carbocycles. The molecule has 1 aromatic carbocycles. The largest absolute Gasteiger partial charge is 1.00 e. The van der Waals surface area contributed by atoms with Gasteiger partial charge in [0, 0.05) is 0 Å². The monoisotopic (exact) mass is 259 g/mol. The molecule has 0 aliphatic heterocycles. The molecule has 0 aromatic heterocycles. The van der Waals surface area contributed by atoms with E-state index in [0.717, 1.165) is 6.42 Å². The summed E-state index contributed by atoms with van der Waals surface area (Å²) in [5.41, 5.74) is 1.15. The Hall–Kier alpha value is 0.395. The minimum absolute atomic E-state index is 0. The number of rotatable bonds is 1. The van der Waals surface area contributed by atoms with Crippen LogP contribution in [0.25, 0.3) is 0 Å². The summed E-state index contributed by atoms with van der Waals surface area (Å²) in [5.74, 6) is 0.519. The van der Waals surface area contributed by atoms with Gasteiger partial charge in [-0.1, -0.05) is 12.2 Å². The molecule has 0 saturated heterocycles. The minimum atomic E-state index is -0.0513. The van der Waals surface area contributed by atoms with E-state index in [1.165, 1.54) is 5.56 Å². The van der Waals surface area contributed by atoms with E-state index in [9.17, 15) is 4.79 Å². The van der Waals surface area contributed by atoms with Crippen LogP contribution in [0.4, 0.5) is 0 Å². The molecule has 1 unspecified atom stereocenters. The van der Waals surface area contributed by atoms with Gasteiger partial charge in [-0.3, -0.25) is 0 Å². The van der Waals surface area contributed by atoms with Crippen LogP contribution in [0.5, 0.6) is 0 Å². The predicted molar refractivity (Wildman–Crippen MR) is 50.0 cm³/mol. The van der Waals surface area contributed by atoms with Gasteiger partial charge in [0.05, 0.1) is 5.43 Å². The fourth-order valence-electron chi connectivity index (χ4n) is 1.26. The van der Waals surface area contributed by atoms with Gasteiger partial charge < -0.3 is 10.3 Å². The molecular weight excluding hydrogens is 250 g/mol. The van der Waals surface area contributed by atoms with E-state index in [-0.39, 0.29) is 69.1 Å². The van der Waals surface area contributed by atoms with Crippen molar-refractivity contribution in [3.8, 4) is 0 Å². The van der Waals surface area contributed by atoms with Crippen molar-refractivity contribution >= 4 is 0 Å². The maximum Gasteiger partial charge on any atom is 1.00 e. The van der Waals surface area contributed by atoms with Crippen molar-refractivity contribution in [3.63, 3.8) is 0 Å². The van der Waals surface area contributed by atoms with E-state index in [0.29, 0.717) is 5.92 Å². The molecule has 68 valence electrons. The van der Waals surface area contributed by atoms with Gasteiger partial charge in [-0.05, 0) is 12.3 Å². The van der Waals surface area contributed by atoms with Crippen LogP contribution in [-0.4, -0.2) is 5.48 Å². The molecule has 1 N–H and O–H groups in total. The van der Waals surface area contributed by atoms with Crippen molar-refractivity contribution in [2.24, 2.45) is 0 Å². The Kier molecular flexibility index (Phi) is 6.99. The molecule has 0 fully saturated rings. The zero-order chi connectivity index (χ0) is 8.39. The van der Waals surface area contributed by atoms with Gasteiger partial charge in [0.25, 0.3) is 0 Å². The molecular formula is C11H10O2Rb-. The first kappa shape index (κ1) is 14.4. The van der Waals surface area contributed by atoms with Gasteiger partial charge in [0.15, 0.2) is 0 Å². The van der Waals surface area contributed by atoms with Gasteiger partial charge >= 0.3 is 58.2 Å². The molecule has 0 radical (unpaired) electrons. The van der Waals surface area contributed by atoms with E-state index in [2.05, 4.69) is 18.2 Å². The molecule has 2 rings (SSSR count). The first-order chi connectivity index (χ1) is 5.86. The molecule has 0 bridgehead atoms. The second kappa shape index (κ2) is 6.80. The quantitative estimate of drug-likeness (QED) is 0.466. The molecule has 1 aliphatic rings. The Morgan fingerprint density at radius 3 is 2.57 bits per heavy atom. The maximum absolute atomic E-state index is 10.9. The Balaban J connectivity index is 0.000000845. The summed E-state index contributed by atoms with van der Waals surface area (Å²) in [6.45, 7) is 0. The third-order valence-electron chi connectivity index (χ3n) is 2.12. The number of hydrogen-bond donors (Lipinski definition) is 0. The molecule has 3 heteroatoms. The van der Waals surface area contributed by atoms with Crippen LogP contribution in [-0.2, 0) is 0 Å². The molecule has 0 spiro atoms. The van der Waals surface area contributed by atoms with Crippen molar-refractivity contribution in [3.05, 3.63) is 58.3 Å². The first-order valence-electron chi connectivity index (χ1n) is 4.05. The maximum atomic E-state index is 10.9. The smallest absolute Gasteiger partial charge is 0.870 e. The molecule has 14 heavy (non-hydrogen) atoms. The fraction of sp³-hybridized carbons (Fsp3) is 0.182. The molecule has 0 heterocycles. The van der Waals surface area contributed by atoms with Crippen LogP contribution in [0, 0.1) is 6.07 Å². The SMILES string of the molecule is O=c1[c-]ccc(C2C=CC2)cc1.[OH-].[Rb+]. The summed E-state index contributed by atoms with van der Waals surface area (Å²) in [6.07, 6.45) is 5.39. The van der Waals surface area contributed by atoms with Crippen molar-refractivity contribution in [2.75, 3.05) is 0 Å². The van der Waals surface area contributed by atoms with Gasteiger partial charge in [-0.15, -0.1) is 23.8 Å². The summed E-state index contributed by atoms with van der Waals surface area (Å²) >= 11 is 0. The van der Waals surface area contributed by atoms with Crippen molar-refractivity contribution in [1.29, 1.82) is 0 Å². The summed E-state index contributed by atoms with van der Waals surface area (Å²) in [5, 5.41) is 0. The summed E-state index contributed by atoms with van der Waals surface area (Å²) in [4.78, 5) is 10.9. The van der Waals surface area contributed by atoms with Crippen molar-refractivity contribution < 1.29 is 63.7 Å². The van der Waals surface area contributed by atoms with Gasteiger partial charge in [0.1, 0.15) is 0 Å². The van der Waals surface area contributed by atoms with Crippen LogP contribution in [0.1, 0.15) is 17.9 Å². The second-order valence-corrected chi connectivity index (χ2v) is 2.95. The number of hydrogen-bond acceptors (Lipinski definition) is 2. The summed E-state index contributed by atoms with van der Waals surface area (Å²) in [7, 11) is 0. The first-order valence-corrected chi connectivity index (χ1v) is 4.05. The van der Waals surface area contributed by atoms with Crippen molar-refractivity contribution in [1.82, 2.24) is 0 Å². The van der Waals surface area contributed by atoms with Crippen molar-refractivity contribution in [2.45, 2.75) is 12.3 Å². The van der Waals surface area contributed by atoms with E-state index >= 15 is 0 Å². The molecule has 2 nitrogen and oxygen atoms in total. The Morgan fingerprint density at radius 1 is 1.29 bits per heavy atom. The zero-order valence-corrected chi connectivity index (χ0v) is 13.0. The van der Waals surface area contributed by atoms with Crippen LogP contribution in [0.3, 0.4) is 0 Å². The molecule has 0 saturated carbocycles.